The van der Waals surface area contributed by atoms with E-state index in [2.05, 4.69) is 50.1 Å². The minimum Gasteiger partial charge on any atom is -0.316 e. The number of nitrogens with one attached hydrogen (secondary N) is 1. The maximum absolute atomic E-state index is 3.60. The molecule has 0 spiro atoms. The van der Waals surface area contributed by atoms with Gasteiger partial charge in [-0.2, -0.15) is 0 Å². The van der Waals surface area contributed by atoms with Gasteiger partial charge in [0.25, 0.3) is 0 Å². The Hall–Kier alpha value is -0.120. The fourth-order valence-corrected chi connectivity index (χ4v) is 4.54. The molecule has 1 saturated heterocycles. The maximum Gasteiger partial charge on any atom is 0.0156 e. The van der Waals surface area contributed by atoms with Crippen LogP contribution in [0.2, 0.25) is 0 Å². The Labute approximate surface area is 126 Å². The van der Waals surface area contributed by atoms with Crippen LogP contribution in [0, 0.1) is 17.3 Å². The molecule has 2 fully saturated rings. The molecule has 1 N–H and O–H groups in total. The number of piperidine rings is 1. The summed E-state index contributed by atoms with van der Waals surface area (Å²) in [4.78, 5) is 5.07. The highest BCUT2D eigenvalue weighted by molar-refractivity contribution is 4.96. The first-order chi connectivity index (χ1) is 9.42. The van der Waals surface area contributed by atoms with Crippen LogP contribution in [-0.2, 0) is 0 Å². The lowest BCUT2D eigenvalue weighted by atomic mass is 9.84. The van der Waals surface area contributed by atoms with Crippen LogP contribution in [0.4, 0.5) is 0 Å². The monoisotopic (exact) mass is 281 g/mol. The summed E-state index contributed by atoms with van der Waals surface area (Å²) in [5, 5.41) is 3.60. The van der Waals surface area contributed by atoms with Crippen molar-refractivity contribution in [3.05, 3.63) is 0 Å². The van der Waals surface area contributed by atoms with E-state index in [1.54, 1.807) is 0 Å². The average Bonchev–Trinajstić information content (AvgIpc) is 2.66. The van der Waals surface area contributed by atoms with Crippen molar-refractivity contribution in [2.45, 2.75) is 45.6 Å². The van der Waals surface area contributed by atoms with Crippen LogP contribution in [0.3, 0.4) is 0 Å². The Morgan fingerprint density at radius 2 is 1.80 bits per heavy atom. The van der Waals surface area contributed by atoms with E-state index in [4.69, 9.17) is 0 Å². The SMILES string of the molecule is CNC1C(CN2CCC(CN(C)C)CC2)CCC1(C)C. The van der Waals surface area contributed by atoms with Gasteiger partial charge in [0, 0.05) is 19.1 Å². The smallest absolute Gasteiger partial charge is 0.0156 e. The summed E-state index contributed by atoms with van der Waals surface area (Å²) in [6.07, 6.45) is 5.55. The van der Waals surface area contributed by atoms with Crippen LogP contribution in [0.15, 0.2) is 0 Å². The minimum absolute atomic E-state index is 0.475. The molecule has 2 unspecified atom stereocenters. The zero-order chi connectivity index (χ0) is 14.8. The van der Waals surface area contributed by atoms with Gasteiger partial charge >= 0.3 is 0 Å². The second-order valence-corrected chi connectivity index (χ2v) is 8.06. The molecule has 1 saturated carbocycles. The van der Waals surface area contributed by atoms with E-state index in [0.29, 0.717) is 11.5 Å². The lowest BCUT2D eigenvalue weighted by molar-refractivity contribution is 0.131. The number of rotatable bonds is 5. The van der Waals surface area contributed by atoms with Crippen molar-refractivity contribution in [3.8, 4) is 0 Å². The first-order valence-electron chi connectivity index (χ1n) is 8.46. The fraction of sp³-hybridized carbons (Fsp3) is 1.00. The molecule has 0 bridgehead atoms. The average molecular weight is 281 g/mol. The van der Waals surface area contributed by atoms with E-state index in [1.165, 1.54) is 51.9 Å². The van der Waals surface area contributed by atoms with Crippen molar-refractivity contribution in [1.29, 1.82) is 0 Å². The summed E-state index contributed by atoms with van der Waals surface area (Å²) >= 11 is 0. The molecule has 2 aliphatic rings. The Balaban J connectivity index is 1.78. The standard InChI is InChI=1S/C17H35N3/c1-17(2)9-6-15(16(17)18-3)13-20-10-7-14(8-11-20)12-19(4)5/h14-16,18H,6-13H2,1-5H3. The van der Waals surface area contributed by atoms with Gasteiger partial charge in [-0.1, -0.05) is 13.8 Å². The molecule has 20 heavy (non-hydrogen) atoms. The lowest BCUT2D eigenvalue weighted by Crippen LogP contribution is -2.46. The summed E-state index contributed by atoms with van der Waals surface area (Å²) < 4.78 is 0. The summed E-state index contributed by atoms with van der Waals surface area (Å²) in [6.45, 7) is 10.1. The molecule has 1 aliphatic heterocycles. The Bertz CT molecular complexity index is 293. The first-order valence-corrected chi connectivity index (χ1v) is 8.46. The summed E-state index contributed by atoms with van der Waals surface area (Å²) in [5.74, 6) is 1.77. The van der Waals surface area contributed by atoms with Gasteiger partial charge in [0.05, 0.1) is 0 Å². The molecule has 0 amide bonds. The second-order valence-electron chi connectivity index (χ2n) is 8.06. The molecule has 0 aromatic carbocycles. The molecule has 0 aromatic rings. The molecule has 0 radical (unpaired) electrons. The van der Waals surface area contributed by atoms with Crippen molar-refractivity contribution < 1.29 is 0 Å². The number of likely N-dealkylation sites (tertiary alicyclic amines) is 1. The van der Waals surface area contributed by atoms with E-state index >= 15 is 0 Å². The Morgan fingerprint density at radius 3 is 2.35 bits per heavy atom. The van der Waals surface area contributed by atoms with E-state index < -0.39 is 0 Å². The summed E-state index contributed by atoms with van der Waals surface area (Å²) in [5.41, 5.74) is 0.475. The molecule has 1 aliphatic carbocycles. The third-order valence-electron chi connectivity index (χ3n) is 5.61. The van der Waals surface area contributed by atoms with Crippen LogP contribution in [0.5, 0.6) is 0 Å². The third-order valence-corrected chi connectivity index (χ3v) is 5.61. The molecule has 118 valence electrons. The van der Waals surface area contributed by atoms with Crippen LogP contribution < -0.4 is 5.32 Å². The lowest BCUT2D eigenvalue weighted by Gasteiger charge is -2.37. The van der Waals surface area contributed by atoms with Crippen LogP contribution in [0.1, 0.15) is 39.5 Å². The quantitative estimate of drug-likeness (QED) is 0.834. The van der Waals surface area contributed by atoms with Crippen LogP contribution in [-0.4, -0.2) is 63.2 Å². The molecule has 2 atom stereocenters. The molecule has 3 heteroatoms. The van der Waals surface area contributed by atoms with E-state index in [-0.39, 0.29) is 0 Å². The number of hydrogen-bond acceptors (Lipinski definition) is 3. The van der Waals surface area contributed by atoms with Crippen molar-refractivity contribution >= 4 is 0 Å². The topological polar surface area (TPSA) is 18.5 Å². The van der Waals surface area contributed by atoms with Gasteiger partial charge in [0.1, 0.15) is 0 Å². The zero-order valence-corrected chi connectivity index (χ0v) is 14.3. The van der Waals surface area contributed by atoms with Crippen molar-refractivity contribution in [2.24, 2.45) is 17.3 Å². The summed E-state index contributed by atoms with van der Waals surface area (Å²) in [6, 6.07) is 0.696. The maximum atomic E-state index is 3.60. The predicted molar refractivity (Wildman–Crippen MR) is 87.1 cm³/mol. The van der Waals surface area contributed by atoms with Crippen molar-refractivity contribution in [2.75, 3.05) is 47.3 Å². The highest BCUT2D eigenvalue weighted by atomic mass is 15.1. The molecular formula is C17H35N3. The predicted octanol–water partition coefficient (Wildman–Crippen LogP) is 2.28. The van der Waals surface area contributed by atoms with Gasteiger partial charge in [0.15, 0.2) is 0 Å². The van der Waals surface area contributed by atoms with Gasteiger partial charge < -0.3 is 15.1 Å². The molecule has 2 rings (SSSR count). The summed E-state index contributed by atoms with van der Waals surface area (Å²) in [7, 11) is 6.54. The van der Waals surface area contributed by atoms with Gasteiger partial charge in [0.2, 0.25) is 0 Å². The van der Waals surface area contributed by atoms with Crippen LogP contribution in [0.25, 0.3) is 0 Å². The number of nitrogens with zero attached hydrogens (tertiary/aromatic N) is 2. The highest BCUT2D eigenvalue weighted by Gasteiger charge is 2.41. The molecule has 0 aromatic heterocycles. The fourth-order valence-electron chi connectivity index (χ4n) is 4.54. The third kappa shape index (κ3) is 3.96. The Kier molecular flexibility index (Phi) is 5.49. The van der Waals surface area contributed by atoms with Gasteiger partial charge in [-0.15, -0.1) is 0 Å². The van der Waals surface area contributed by atoms with E-state index in [1.807, 2.05) is 0 Å². The van der Waals surface area contributed by atoms with Crippen molar-refractivity contribution in [3.63, 3.8) is 0 Å². The first kappa shape index (κ1) is 16.3. The number of hydrogen-bond donors (Lipinski definition) is 1. The van der Waals surface area contributed by atoms with E-state index in [0.717, 1.165) is 11.8 Å². The normalized spacial score (nSPS) is 32.1. The van der Waals surface area contributed by atoms with Crippen LogP contribution >= 0.6 is 0 Å². The largest absolute Gasteiger partial charge is 0.316 e. The second kappa shape index (κ2) is 6.76. The van der Waals surface area contributed by atoms with Crippen molar-refractivity contribution in [1.82, 2.24) is 15.1 Å². The molecule has 3 nitrogen and oxygen atoms in total. The zero-order valence-electron chi connectivity index (χ0n) is 14.3. The van der Waals surface area contributed by atoms with Gasteiger partial charge in [-0.3, -0.25) is 0 Å². The minimum atomic E-state index is 0.475. The highest BCUT2D eigenvalue weighted by Crippen LogP contribution is 2.41. The van der Waals surface area contributed by atoms with Gasteiger partial charge in [-0.05, 0) is 77.2 Å². The molecule has 1 heterocycles. The Morgan fingerprint density at radius 1 is 1.15 bits per heavy atom. The van der Waals surface area contributed by atoms with E-state index in [9.17, 15) is 0 Å². The van der Waals surface area contributed by atoms with Gasteiger partial charge in [-0.25, -0.2) is 0 Å². The molecular weight excluding hydrogens is 246 g/mol.